The second kappa shape index (κ2) is 9.54. The highest BCUT2D eigenvalue weighted by molar-refractivity contribution is 5.89. The summed E-state index contributed by atoms with van der Waals surface area (Å²) in [7, 11) is 0. The summed E-state index contributed by atoms with van der Waals surface area (Å²) in [6, 6.07) is 13.4. The van der Waals surface area contributed by atoms with Crippen molar-refractivity contribution >= 4 is 22.8 Å². The first-order chi connectivity index (χ1) is 16.3. The number of hydrogen-bond acceptors (Lipinski definition) is 6. The molecule has 4 aromatic rings. The average molecular weight is 464 g/mol. The summed E-state index contributed by atoms with van der Waals surface area (Å²) < 4.78 is 12.9. The molecule has 2 amide bonds. The van der Waals surface area contributed by atoms with Crippen LogP contribution >= 0.6 is 0 Å². The fourth-order valence-electron chi connectivity index (χ4n) is 3.66. The monoisotopic (exact) mass is 463 g/mol. The fourth-order valence-corrected chi connectivity index (χ4v) is 3.66. The zero-order chi connectivity index (χ0) is 24.3. The highest BCUT2D eigenvalue weighted by atomic mass is 16.3. The number of rotatable bonds is 9. The van der Waals surface area contributed by atoms with Crippen molar-refractivity contribution in [2.24, 2.45) is 0 Å². The molecule has 0 aliphatic heterocycles. The number of aromatic nitrogens is 3. The van der Waals surface area contributed by atoms with Gasteiger partial charge in [-0.2, -0.15) is 0 Å². The Morgan fingerprint density at radius 3 is 2.62 bits per heavy atom. The minimum absolute atomic E-state index is 0.0862. The third-order valence-electron chi connectivity index (χ3n) is 5.87. The van der Waals surface area contributed by atoms with Crippen LogP contribution in [0.15, 0.2) is 63.6 Å². The molecule has 178 valence electrons. The van der Waals surface area contributed by atoms with Gasteiger partial charge in [0.1, 0.15) is 29.3 Å². The number of aryl methyl sites for hydroxylation is 1. The van der Waals surface area contributed by atoms with E-state index in [9.17, 15) is 9.59 Å². The van der Waals surface area contributed by atoms with E-state index in [2.05, 4.69) is 15.6 Å². The van der Waals surface area contributed by atoms with Crippen molar-refractivity contribution in [3.05, 3.63) is 72.1 Å². The Morgan fingerprint density at radius 1 is 1.15 bits per heavy atom. The van der Waals surface area contributed by atoms with E-state index in [0.717, 1.165) is 11.9 Å². The van der Waals surface area contributed by atoms with Gasteiger partial charge in [-0.1, -0.05) is 24.3 Å². The van der Waals surface area contributed by atoms with E-state index in [0.29, 0.717) is 22.8 Å². The number of carbonyl (C=O) groups excluding carboxylic acids is 2. The lowest BCUT2D eigenvalue weighted by atomic mass is 10.0. The van der Waals surface area contributed by atoms with Crippen molar-refractivity contribution in [2.45, 2.75) is 58.8 Å². The molecule has 1 aromatic carbocycles. The number of para-hydroxylation sites is 1. The molecule has 0 fully saturated rings. The first-order valence-corrected chi connectivity index (χ1v) is 11.3. The standard InChI is InChI=1S/C25H29N5O4/c1-5-25(3,4)26-24(32)23(21-13-12-17(2)34-21)29(15-18-9-8-14-33-18)22(31)16-30-20-11-7-6-10-19(20)27-28-30/h6-14,23H,5,15-16H2,1-4H3,(H,26,32)/t23-/m0/s1. The third kappa shape index (κ3) is 5.03. The quantitative estimate of drug-likeness (QED) is 0.402. The summed E-state index contributed by atoms with van der Waals surface area (Å²) in [4.78, 5) is 28.8. The highest BCUT2D eigenvalue weighted by Gasteiger charge is 2.36. The van der Waals surface area contributed by atoms with Gasteiger partial charge < -0.3 is 19.1 Å². The van der Waals surface area contributed by atoms with E-state index in [1.54, 1.807) is 31.2 Å². The Labute approximate surface area is 197 Å². The third-order valence-corrected chi connectivity index (χ3v) is 5.87. The van der Waals surface area contributed by atoms with Crippen LogP contribution in [0.25, 0.3) is 11.0 Å². The minimum atomic E-state index is -0.994. The predicted octanol–water partition coefficient (Wildman–Crippen LogP) is 4.00. The molecule has 0 saturated heterocycles. The normalized spacial score (nSPS) is 12.6. The van der Waals surface area contributed by atoms with Gasteiger partial charge in [0, 0.05) is 5.54 Å². The van der Waals surface area contributed by atoms with Crippen molar-refractivity contribution < 1.29 is 18.4 Å². The molecule has 0 unspecified atom stereocenters. The Morgan fingerprint density at radius 2 is 1.94 bits per heavy atom. The zero-order valence-electron chi connectivity index (χ0n) is 19.8. The molecule has 0 radical (unpaired) electrons. The molecule has 34 heavy (non-hydrogen) atoms. The van der Waals surface area contributed by atoms with Gasteiger partial charge in [-0.05, 0) is 63.6 Å². The molecule has 0 aliphatic rings. The van der Waals surface area contributed by atoms with Crippen LogP contribution in [0.4, 0.5) is 0 Å². The van der Waals surface area contributed by atoms with Crippen LogP contribution in [0.5, 0.6) is 0 Å². The molecular formula is C25H29N5O4. The number of hydrogen-bond donors (Lipinski definition) is 1. The summed E-state index contributed by atoms with van der Waals surface area (Å²) in [5, 5.41) is 11.3. The van der Waals surface area contributed by atoms with E-state index in [-0.39, 0.29) is 24.9 Å². The van der Waals surface area contributed by atoms with E-state index < -0.39 is 11.6 Å². The van der Waals surface area contributed by atoms with E-state index in [4.69, 9.17) is 8.83 Å². The van der Waals surface area contributed by atoms with Crippen molar-refractivity contribution in [3.8, 4) is 0 Å². The van der Waals surface area contributed by atoms with Gasteiger partial charge in [0.05, 0.1) is 18.3 Å². The second-order valence-corrected chi connectivity index (χ2v) is 8.91. The molecule has 0 spiro atoms. The maximum Gasteiger partial charge on any atom is 0.251 e. The van der Waals surface area contributed by atoms with Gasteiger partial charge in [-0.25, -0.2) is 4.68 Å². The van der Waals surface area contributed by atoms with Crippen LogP contribution in [0, 0.1) is 6.92 Å². The van der Waals surface area contributed by atoms with Crippen molar-refractivity contribution in [3.63, 3.8) is 0 Å². The number of benzene rings is 1. The zero-order valence-corrected chi connectivity index (χ0v) is 19.8. The van der Waals surface area contributed by atoms with E-state index in [1.807, 2.05) is 45.0 Å². The summed E-state index contributed by atoms with van der Waals surface area (Å²) >= 11 is 0. The highest BCUT2D eigenvalue weighted by Crippen LogP contribution is 2.27. The van der Waals surface area contributed by atoms with E-state index in [1.165, 1.54) is 15.8 Å². The average Bonchev–Trinajstić information content (AvgIpc) is 3.55. The molecule has 4 rings (SSSR count). The molecule has 0 saturated carbocycles. The minimum Gasteiger partial charge on any atom is -0.467 e. The van der Waals surface area contributed by atoms with Crippen LogP contribution in [-0.4, -0.2) is 37.2 Å². The summed E-state index contributed by atoms with van der Waals surface area (Å²) in [6.45, 7) is 7.67. The number of carbonyl (C=O) groups is 2. The lowest BCUT2D eigenvalue weighted by molar-refractivity contribution is -0.144. The molecule has 9 nitrogen and oxygen atoms in total. The smallest absolute Gasteiger partial charge is 0.251 e. The van der Waals surface area contributed by atoms with Gasteiger partial charge in [-0.3, -0.25) is 9.59 Å². The van der Waals surface area contributed by atoms with Crippen molar-refractivity contribution in [1.29, 1.82) is 0 Å². The Balaban J connectivity index is 1.72. The first-order valence-electron chi connectivity index (χ1n) is 11.3. The van der Waals surface area contributed by atoms with Gasteiger partial charge in [0.15, 0.2) is 6.04 Å². The number of nitrogens with zero attached hydrogens (tertiary/aromatic N) is 4. The van der Waals surface area contributed by atoms with Gasteiger partial charge >= 0.3 is 0 Å². The Bertz CT molecular complexity index is 1270. The lowest BCUT2D eigenvalue weighted by Gasteiger charge is -2.33. The number of nitrogens with one attached hydrogen (secondary N) is 1. The largest absolute Gasteiger partial charge is 0.467 e. The van der Waals surface area contributed by atoms with Crippen LogP contribution in [0.1, 0.15) is 50.5 Å². The fraction of sp³-hybridized carbons (Fsp3) is 0.360. The molecule has 3 aromatic heterocycles. The van der Waals surface area contributed by atoms with Gasteiger partial charge in [0.2, 0.25) is 5.91 Å². The SMILES string of the molecule is CCC(C)(C)NC(=O)[C@H](c1ccc(C)o1)N(Cc1ccco1)C(=O)Cn1nnc2ccccc21. The Hall–Kier alpha value is -3.88. The van der Waals surface area contributed by atoms with Crippen LogP contribution in [-0.2, 0) is 22.7 Å². The number of furan rings is 2. The number of fused-ring (bicyclic) bond motifs is 1. The molecule has 1 N–H and O–H groups in total. The maximum atomic E-state index is 13.7. The molecule has 0 bridgehead atoms. The molecular weight excluding hydrogens is 434 g/mol. The van der Waals surface area contributed by atoms with Crippen LogP contribution in [0.2, 0.25) is 0 Å². The summed E-state index contributed by atoms with van der Waals surface area (Å²) in [5.74, 6) is 0.924. The first kappa shape index (κ1) is 23.3. The molecule has 9 heteroatoms. The van der Waals surface area contributed by atoms with Crippen molar-refractivity contribution in [2.75, 3.05) is 0 Å². The van der Waals surface area contributed by atoms with Gasteiger partial charge in [-0.15, -0.1) is 5.10 Å². The topological polar surface area (TPSA) is 106 Å². The lowest BCUT2D eigenvalue weighted by Crippen LogP contribution is -2.50. The molecule has 0 aliphatic carbocycles. The van der Waals surface area contributed by atoms with Crippen molar-refractivity contribution in [1.82, 2.24) is 25.2 Å². The summed E-state index contributed by atoms with van der Waals surface area (Å²) in [5.41, 5.74) is 0.961. The predicted molar refractivity (Wildman–Crippen MR) is 125 cm³/mol. The molecule has 3 heterocycles. The van der Waals surface area contributed by atoms with Crippen LogP contribution in [0.3, 0.4) is 0 Å². The maximum absolute atomic E-state index is 13.7. The summed E-state index contributed by atoms with van der Waals surface area (Å²) in [6.07, 6.45) is 2.26. The van der Waals surface area contributed by atoms with Gasteiger partial charge in [0.25, 0.3) is 5.91 Å². The number of amides is 2. The molecule has 1 atom stereocenters. The van der Waals surface area contributed by atoms with E-state index >= 15 is 0 Å². The Kier molecular flexibility index (Phi) is 6.54. The van der Waals surface area contributed by atoms with Crippen LogP contribution < -0.4 is 5.32 Å². The second-order valence-electron chi connectivity index (χ2n) is 8.91.